The summed E-state index contributed by atoms with van der Waals surface area (Å²) in [7, 11) is 0. The quantitative estimate of drug-likeness (QED) is 0.245. The molecule has 1 aliphatic heterocycles. The molecular formula is C29H26BrN3O2S. The van der Waals surface area contributed by atoms with Gasteiger partial charge in [-0.25, -0.2) is 0 Å². The Bertz CT molecular complexity index is 1340. The second kappa shape index (κ2) is 10.1. The van der Waals surface area contributed by atoms with Crippen molar-refractivity contribution < 1.29 is 9.15 Å². The number of pyridine rings is 1. The Kier molecular flexibility index (Phi) is 6.50. The van der Waals surface area contributed by atoms with E-state index < -0.39 is 0 Å². The summed E-state index contributed by atoms with van der Waals surface area (Å²) in [6.45, 7) is 0. The number of furan rings is 1. The summed E-state index contributed by atoms with van der Waals surface area (Å²) in [5, 5.41) is 4.14. The minimum atomic E-state index is -0.196. The maximum absolute atomic E-state index is 6.45. The second-order valence-corrected chi connectivity index (χ2v) is 10.5. The fraction of sp³-hybridized carbons (Fsp3) is 0.241. The summed E-state index contributed by atoms with van der Waals surface area (Å²) in [5.74, 6) is 2.54. The molecular weight excluding hydrogens is 534 g/mol. The van der Waals surface area contributed by atoms with Gasteiger partial charge in [0.2, 0.25) is 0 Å². The smallest absolute Gasteiger partial charge is 0.174 e. The molecule has 5 nitrogen and oxygen atoms in total. The van der Waals surface area contributed by atoms with Crippen molar-refractivity contribution in [2.24, 2.45) is 0 Å². The van der Waals surface area contributed by atoms with E-state index in [1.807, 2.05) is 72.9 Å². The van der Waals surface area contributed by atoms with E-state index in [2.05, 4.69) is 43.3 Å². The number of anilines is 1. The Morgan fingerprint density at radius 1 is 0.944 bits per heavy atom. The van der Waals surface area contributed by atoms with Crippen LogP contribution in [0.15, 0.2) is 93.9 Å². The molecule has 6 rings (SSSR count). The van der Waals surface area contributed by atoms with Gasteiger partial charge in [0.1, 0.15) is 23.3 Å². The molecule has 3 heterocycles. The van der Waals surface area contributed by atoms with E-state index in [0.717, 1.165) is 51.5 Å². The first-order valence-electron chi connectivity index (χ1n) is 12.3. The average molecular weight is 561 g/mol. The van der Waals surface area contributed by atoms with Crippen LogP contribution in [0.2, 0.25) is 0 Å². The highest BCUT2D eigenvalue weighted by molar-refractivity contribution is 9.10. The number of nitrogens with zero attached hydrogens (tertiary/aromatic N) is 2. The van der Waals surface area contributed by atoms with Gasteiger partial charge >= 0.3 is 0 Å². The molecule has 0 radical (unpaired) electrons. The molecule has 7 heteroatoms. The summed E-state index contributed by atoms with van der Waals surface area (Å²) in [6, 6.07) is 26.0. The van der Waals surface area contributed by atoms with Crippen LogP contribution >= 0.6 is 28.1 Å². The number of nitrogens with one attached hydrogen (secondary N) is 1. The van der Waals surface area contributed by atoms with Crippen molar-refractivity contribution in [2.45, 2.75) is 43.9 Å². The lowest BCUT2D eigenvalue weighted by molar-refractivity contribution is 0.210. The molecule has 2 aromatic heterocycles. The molecule has 2 atom stereocenters. The van der Waals surface area contributed by atoms with E-state index in [0.29, 0.717) is 11.2 Å². The average Bonchev–Trinajstić information content (AvgIpc) is 3.66. The maximum Gasteiger partial charge on any atom is 0.174 e. The van der Waals surface area contributed by atoms with Gasteiger partial charge in [-0.05, 0) is 98.6 Å². The van der Waals surface area contributed by atoms with Gasteiger partial charge < -0.3 is 19.4 Å². The zero-order valence-corrected chi connectivity index (χ0v) is 22.0. The molecule has 0 unspecified atom stereocenters. The summed E-state index contributed by atoms with van der Waals surface area (Å²) in [6.07, 6.45) is 6.90. The van der Waals surface area contributed by atoms with Crippen LogP contribution in [0.25, 0.3) is 11.3 Å². The van der Waals surface area contributed by atoms with Crippen LogP contribution in [0.5, 0.6) is 5.75 Å². The van der Waals surface area contributed by atoms with Crippen LogP contribution in [0.1, 0.15) is 49.2 Å². The molecule has 182 valence electrons. The monoisotopic (exact) mass is 559 g/mol. The zero-order valence-electron chi connectivity index (χ0n) is 19.6. The number of aromatic nitrogens is 1. The number of thiocarbonyl (C=S) groups is 1. The standard InChI is InChI=1S/C29H26BrN3O2S/c30-20-10-8-19(9-11-20)25-16-17-26(35-25)28-27(24-7-3-4-18-31-24)32-29(36)33(28)21-12-14-23(15-13-21)34-22-5-1-2-6-22/h3-4,7-18,22,27-28H,1-2,5-6H2,(H,32,36)/t27-,28-/m1/s1. The summed E-state index contributed by atoms with van der Waals surface area (Å²) < 4.78 is 13.7. The van der Waals surface area contributed by atoms with Crippen LogP contribution in [0, 0.1) is 0 Å². The third-order valence-electron chi connectivity index (χ3n) is 6.86. The van der Waals surface area contributed by atoms with Gasteiger partial charge in [0.25, 0.3) is 0 Å². The summed E-state index contributed by atoms with van der Waals surface area (Å²) in [4.78, 5) is 6.75. The number of ether oxygens (including phenoxy) is 1. The zero-order chi connectivity index (χ0) is 24.5. The van der Waals surface area contributed by atoms with Crippen molar-refractivity contribution in [1.82, 2.24) is 10.3 Å². The Morgan fingerprint density at radius 3 is 2.44 bits per heavy atom. The van der Waals surface area contributed by atoms with Gasteiger partial charge in [-0.1, -0.05) is 34.1 Å². The minimum Gasteiger partial charge on any atom is -0.490 e. The number of benzene rings is 2. The highest BCUT2D eigenvalue weighted by Crippen LogP contribution is 2.43. The third kappa shape index (κ3) is 4.65. The van der Waals surface area contributed by atoms with Gasteiger partial charge in [-0.3, -0.25) is 4.98 Å². The molecule has 1 saturated carbocycles. The van der Waals surface area contributed by atoms with Crippen molar-refractivity contribution in [3.8, 4) is 17.1 Å². The fourth-order valence-electron chi connectivity index (χ4n) is 5.09. The first kappa shape index (κ1) is 23.3. The number of hydrogen-bond acceptors (Lipinski definition) is 4. The molecule has 1 aliphatic carbocycles. The summed E-state index contributed by atoms with van der Waals surface area (Å²) in [5.41, 5.74) is 2.92. The van der Waals surface area contributed by atoms with Gasteiger partial charge in [0.05, 0.1) is 17.8 Å². The Balaban J connectivity index is 1.34. The first-order chi connectivity index (χ1) is 17.7. The van der Waals surface area contributed by atoms with E-state index in [1.165, 1.54) is 12.8 Å². The van der Waals surface area contributed by atoms with Crippen molar-refractivity contribution >= 4 is 38.9 Å². The lowest BCUT2D eigenvalue weighted by Gasteiger charge is -2.26. The number of halogens is 1. The van der Waals surface area contributed by atoms with E-state index in [9.17, 15) is 0 Å². The minimum absolute atomic E-state index is 0.156. The lowest BCUT2D eigenvalue weighted by atomic mass is 10.0. The fourth-order valence-corrected chi connectivity index (χ4v) is 5.70. The van der Waals surface area contributed by atoms with E-state index in [-0.39, 0.29) is 12.1 Å². The van der Waals surface area contributed by atoms with E-state index in [1.54, 1.807) is 0 Å². The maximum atomic E-state index is 6.45. The molecule has 0 amide bonds. The molecule has 4 aromatic rings. The molecule has 1 N–H and O–H groups in total. The van der Waals surface area contributed by atoms with Gasteiger partial charge in [0.15, 0.2) is 5.11 Å². The molecule has 0 bridgehead atoms. The Hall–Kier alpha value is -3.16. The number of rotatable bonds is 6. The van der Waals surface area contributed by atoms with Crippen molar-refractivity contribution in [2.75, 3.05) is 4.90 Å². The third-order valence-corrected chi connectivity index (χ3v) is 7.71. The topological polar surface area (TPSA) is 50.5 Å². The predicted molar refractivity (Wildman–Crippen MR) is 149 cm³/mol. The van der Waals surface area contributed by atoms with Crippen LogP contribution in [0.4, 0.5) is 5.69 Å². The second-order valence-electron chi connectivity index (χ2n) is 9.22. The van der Waals surface area contributed by atoms with Gasteiger partial charge in [0, 0.05) is 21.9 Å². The predicted octanol–water partition coefficient (Wildman–Crippen LogP) is 7.60. The van der Waals surface area contributed by atoms with E-state index >= 15 is 0 Å². The molecule has 2 fully saturated rings. The van der Waals surface area contributed by atoms with Crippen LogP contribution < -0.4 is 15.0 Å². The molecule has 2 aromatic carbocycles. The van der Waals surface area contributed by atoms with Crippen molar-refractivity contribution in [3.63, 3.8) is 0 Å². The molecule has 1 saturated heterocycles. The lowest BCUT2D eigenvalue weighted by Crippen LogP contribution is -2.29. The SMILES string of the molecule is S=C1N[C@H](c2ccccn2)[C@@H](c2ccc(-c3ccc(Br)cc3)o2)N1c1ccc(OC2CCCC2)cc1. The van der Waals surface area contributed by atoms with E-state index in [4.69, 9.17) is 21.4 Å². The molecule has 2 aliphatic rings. The molecule has 0 spiro atoms. The number of hydrogen-bond donors (Lipinski definition) is 1. The van der Waals surface area contributed by atoms with Crippen molar-refractivity contribution in [1.29, 1.82) is 0 Å². The highest BCUT2D eigenvalue weighted by atomic mass is 79.9. The molecule has 36 heavy (non-hydrogen) atoms. The first-order valence-corrected chi connectivity index (χ1v) is 13.5. The van der Waals surface area contributed by atoms with Gasteiger partial charge in [-0.2, -0.15) is 0 Å². The Morgan fingerprint density at radius 2 is 1.72 bits per heavy atom. The highest BCUT2D eigenvalue weighted by Gasteiger charge is 2.42. The van der Waals surface area contributed by atoms with Gasteiger partial charge in [-0.15, -0.1) is 0 Å². The Labute approximate surface area is 224 Å². The van der Waals surface area contributed by atoms with Crippen molar-refractivity contribution in [3.05, 3.63) is 101 Å². The van der Waals surface area contributed by atoms with Crippen LogP contribution in [0.3, 0.4) is 0 Å². The largest absolute Gasteiger partial charge is 0.490 e. The normalized spacial score (nSPS) is 20.0. The summed E-state index contributed by atoms with van der Waals surface area (Å²) >= 11 is 9.35. The van der Waals surface area contributed by atoms with Crippen LogP contribution in [-0.4, -0.2) is 16.2 Å². The van der Waals surface area contributed by atoms with Crippen LogP contribution in [-0.2, 0) is 0 Å².